The number of hydrogen-bond donors (Lipinski definition) is 0. The van der Waals surface area contributed by atoms with Crippen LogP contribution in [-0.2, 0) is 5.41 Å². The van der Waals surface area contributed by atoms with Crippen LogP contribution in [0.4, 0.5) is 0 Å². The highest BCUT2D eigenvalue weighted by atomic mass is 14.2. The lowest BCUT2D eigenvalue weighted by atomic mass is 9.81. The van der Waals surface area contributed by atoms with E-state index in [1.807, 2.05) is 0 Å². The first kappa shape index (κ1) is 20.7. The maximum absolute atomic E-state index is 2.44. The van der Waals surface area contributed by atoms with E-state index in [4.69, 9.17) is 0 Å². The number of rotatable bonds is 2. The van der Waals surface area contributed by atoms with E-state index in [1.165, 1.54) is 60.1 Å². The predicted molar refractivity (Wildman–Crippen MR) is 149 cm³/mol. The maximum atomic E-state index is 2.44. The van der Waals surface area contributed by atoms with Gasteiger partial charge in [-0.25, -0.2) is 0 Å². The standard InChI is InChI=1S/C34H28/c1-34(2,3)25-20-21-30-31(22-25)33(27-19-11-15-23-12-7-8-16-26(23)27)29-18-10-9-17-28(29)32(30)24-13-5-4-6-14-24/h4-22H,1-3H3. The molecule has 0 heteroatoms. The second-order valence-electron chi connectivity index (χ2n) is 10.2. The molecule has 0 aliphatic heterocycles. The molecule has 0 unspecified atom stereocenters. The summed E-state index contributed by atoms with van der Waals surface area (Å²) in [6.45, 7) is 6.89. The van der Waals surface area contributed by atoms with Gasteiger partial charge in [0.1, 0.15) is 0 Å². The van der Waals surface area contributed by atoms with Gasteiger partial charge in [-0.15, -0.1) is 0 Å². The molecule has 0 saturated heterocycles. The quantitative estimate of drug-likeness (QED) is 0.237. The van der Waals surface area contributed by atoms with Crippen molar-refractivity contribution < 1.29 is 0 Å². The van der Waals surface area contributed by atoms with E-state index in [-0.39, 0.29) is 5.41 Å². The van der Waals surface area contributed by atoms with E-state index in [0.717, 1.165) is 0 Å². The van der Waals surface area contributed by atoms with Gasteiger partial charge in [-0.1, -0.05) is 130 Å². The molecular weight excluding hydrogens is 408 g/mol. The molecule has 6 rings (SSSR count). The SMILES string of the molecule is CC(C)(C)c1ccc2c(-c3ccccc3)c3ccccc3c(-c3cccc4ccccc34)c2c1. The minimum absolute atomic E-state index is 0.0722. The second-order valence-corrected chi connectivity index (χ2v) is 10.2. The van der Waals surface area contributed by atoms with Crippen LogP contribution in [0.15, 0.2) is 115 Å². The molecule has 0 radical (unpaired) electrons. The Morgan fingerprint density at radius 2 is 1.03 bits per heavy atom. The minimum atomic E-state index is 0.0722. The normalized spacial score (nSPS) is 12.0. The Morgan fingerprint density at radius 3 is 1.76 bits per heavy atom. The van der Waals surface area contributed by atoms with E-state index in [1.54, 1.807) is 0 Å². The summed E-state index contributed by atoms with van der Waals surface area (Å²) in [5.41, 5.74) is 6.63. The van der Waals surface area contributed by atoms with Gasteiger partial charge < -0.3 is 0 Å². The zero-order valence-electron chi connectivity index (χ0n) is 20.0. The van der Waals surface area contributed by atoms with Crippen LogP contribution < -0.4 is 0 Å². The molecule has 0 amide bonds. The van der Waals surface area contributed by atoms with Crippen molar-refractivity contribution in [2.24, 2.45) is 0 Å². The third kappa shape index (κ3) is 3.30. The van der Waals surface area contributed by atoms with Crippen molar-refractivity contribution in [3.63, 3.8) is 0 Å². The molecule has 0 bridgehead atoms. The molecule has 6 aromatic rings. The van der Waals surface area contributed by atoms with Gasteiger partial charge in [-0.3, -0.25) is 0 Å². The van der Waals surface area contributed by atoms with Crippen LogP contribution in [0.25, 0.3) is 54.6 Å². The van der Waals surface area contributed by atoms with Gasteiger partial charge in [0.25, 0.3) is 0 Å². The molecule has 0 saturated carbocycles. The molecule has 0 nitrogen and oxygen atoms in total. The summed E-state index contributed by atoms with van der Waals surface area (Å²) in [7, 11) is 0. The first-order valence-electron chi connectivity index (χ1n) is 12.0. The van der Waals surface area contributed by atoms with Crippen molar-refractivity contribution in [2.75, 3.05) is 0 Å². The summed E-state index contributed by atoms with van der Waals surface area (Å²) in [6.07, 6.45) is 0. The lowest BCUT2D eigenvalue weighted by Crippen LogP contribution is -2.10. The Hall–Kier alpha value is -3.90. The van der Waals surface area contributed by atoms with Crippen LogP contribution in [0, 0.1) is 0 Å². The van der Waals surface area contributed by atoms with Crippen LogP contribution >= 0.6 is 0 Å². The molecule has 6 aromatic carbocycles. The molecular formula is C34H28. The molecule has 0 heterocycles. The Morgan fingerprint density at radius 1 is 0.441 bits per heavy atom. The van der Waals surface area contributed by atoms with E-state index in [2.05, 4.69) is 136 Å². The average Bonchev–Trinajstić information content (AvgIpc) is 2.86. The smallest absolute Gasteiger partial charge is 0.00200 e. The Balaban J connectivity index is 1.86. The Bertz CT molecular complexity index is 1660. The van der Waals surface area contributed by atoms with Crippen LogP contribution in [0.1, 0.15) is 26.3 Å². The largest absolute Gasteiger partial charge is 0.0622 e. The predicted octanol–water partition coefficient (Wildman–Crippen LogP) is 9.78. The second kappa shape index (κ2) is 7.85. The van der Waals surface area contributed by atoms with E-state index < -0.39 is 0 Å². The monoisotopic (exact) mass is 436 g/mol. The summed E-state index contributed by atoms with van der Waals surface area (Å²) >= 11 is 0. The zero-order valence-corrected chi connectivity index (χ0v) is 20.0. The lowest BCUT2D eigenvalue weighted by molar-refractivity contribution is 0.591. The highest BCUT2D eigenvalue weighted by molar-refractivity contribution is 6.23. The van der Waals surface area contributed by atoms with Crippen LogP contribution in [0.3, 0.4) is 0 Å². The molecule has 0 atom stereocenters. The van der Waals surface area contributed by atoms with Crippen molar-refractivity contribution in [3.8, 4) is 22.3 Å². The average molecular weight is 437 g/mol. The van der Waals surface area contributed by atoms with Crippen molar-refractivity contribution in [1.82, 2.24) is 0 Å². The zero-order chi connectivity index (χ0) is 23.3. The lowest BCUT2D eigenvalue weighted by Gasteiger charge is -2.23. The van der Waals surface area contributed by atoms with E-state index >= 15 is 0 Å². The third-order valence-electron chi connectivity index (χ3n) is 7.01. The van der Waals surface area contributed by atoms with Crippen molar-refractivity contribution >= 4 is 32.3 Å². The first-order valence-corrected chi connectivity index (χ1v) is 12.0. The summed E-state index contributed by atoms with van der Waals surface area (Å²) in [4.78, 5) is 0. The molecule has 0 fully saturated rings. The van der Waals surface area contributed by atoms with Crippen molar-refractivity contribution in [3.05, 3.63) is 121 Å². The minimum Gasteiger partial charge on any atom is -0.0622 e. The fraction of sp³-hybridized carbons (Fsp3) is 0.118. The van der Waals surface area contributed by atoms with Gasteiger partial charge in [0.2, 0.25) is 0 Å². The number of hydrogen-bond acceptors (Lipinski definition) is 0. The third-order valence-corrected chi connectivity index (χ3v) is 7.01. The highest BCUT2D eigenvalue weighted by Gasteiger charge is 2.20. The van der Waals surface area contributed by atoms with Gasteiger partial charge in [-0.05, 0) is 71.6 Å². The van der Waals surface area contributed by atoms with Crippen LogP contribution in [0.2, 0.25) is 0 Å². The fourth-order valence-electron chi connectivity index (χ4n) is 5.29. The van der Waals surface area contributed by atoms with Gasteiger partial charge in [0, 0.05) is 0 Å². The molecule has 0 spiro atoms. The van der Waals surface area contributed by atoms with E-state index in [0.29, 0.717) is 0 Å². The summed E-state index contributed by atoms with van der Waals surface area (Å²) < 4.78 is 0. The fourth-order valence-corrected chi connectivity index (χ4v) is 5.29. The number of fused-ring (bicyclic) bond motifs is 3. The molecule has 164 valence electrons. The first-order chi connectivity index (χ1) is 16.5. The topological polar surface area (TPSA) is 0 Å². The van der Waals surface area contributed by atoms with Crippen LogP contribution in [0.5, 0.6) is 0 Å². The van der Waals surface area contributed by atoms with E-state index in [9.17, 15) is 0 Å². The maximum Gasteiger partial charge on any atom is -0.00200 e. The van der Waals surface area contributed by atoms with Gasteiger partial charge in [-0.2, -0.15) is 0 Å². The Labute approximate surface area is 201 Å². The number of benzene rings is 6. The van der Waals surface area contributed by atoms with Gasteiger partial charge >= 0.3 is 0 Å². The molecule has 0 N–H and O–H groups in total. The molecule has 0 aliphatic carbocycles. The Kier molecular flexibility index (Phi) is 4.78. The molecule has 0 aliphatic rings. The van der Waals surface area contributed by atoms with Crippen molar-refractivity contribution in [1.29, 1.82) is 0 Å². The van der Waals surface area contributed by atoms with Gasteiger partial charge in [0.15, 0.2) is 0 Å². The van der Waals surface area contributed by atoms with Crippen molar-refractivity contribution in [2.45, 2.75) is 26.2 Å². The summed E-state index contributed by atoms with van der Waals surface area (Å²) in [5.74, 6) is 0. The molecule has 34 heavy (non-hydrogen) atoms. The molecule has 0 aromatic heterocycles. The summed E-state index contributed by atoms with van der Waals surface area (Å²) in [6, 6.07) is 42.3. The highest BCUT2D eigenvalue weighted by Crippen LogP contribution is 2.46. The van der Waals surface area contributed by atoms with Crippen LogP contribution in [-0.4, -0.2) is 0 Å². The summed E-state index contributed by atoms with van der Waals surface area (Å²) in [5, 5.41) is 7.80. The van der Waals surface area contributed by atoms with Gasteiger partial charge in [0.05, 0.1) is 0 Å².